The fraction of sp³-hybridized carbons (Fsp3) is 0.480. The van der Waals surface area contributed by atoms with E-state index in [1.54, 1.807) is 17.7 Å². The lowest BCUT2D eigenvalue weighted by Gasteiger charge is -2.33. The molecule has 6 rings (SSSR count). The lowest BCUT2D eigenvalue weighted by atomic mass is 10.0. The Morgan fingerprint density at radius 2 is 2.06 bits per heavy atom. The summed E-state index contributed by atoms with van der Waals surface area (Å²) < 4.78 is 6.33. The molecule has 33 heavy (non-hydrogen) atoms. The molecule has 4 atom stereocenters. The van der Waals surface area contributed by atoms with Crippen LogP contribution < -0.4 is 10.6 Å². The molecular formula is C25H29N5O2S. The third kappa shape index (κ3) is 3.90. The maximum absolute atomic E-state index is 11.4. The van der Waals surface area contributed by atoms with Gasteiger partial charge in [0.05, 0.1) is 24.0 Å². The van der Waals surface area contributed by atoms with Gasteiger partial charge in [0.15, 0.2) is 0 Å². The number of likely N-dealkylation sites (tertiary alicyclic amines) is 1. The summed E-state index contributed by atoms with van der Waals surface area (Å²) in [5, 5.41) is 3.39. The van der Waals surface area contributed by atoms with E-state index in [1.807, 2.05) is 0 Å². The molecule has 0 spiro atoms. The van der Waals surface area contributed by atoms with Gasteiger partial charge in [-0.25, -0.2) is 9.97 Å². The zero-order valence-electron chi connectivity index (χ0n) is 18.6. The maximum atomic E-state index is 11.4. The number of hydrogen-bond donors (Lipinski definition) is 1. The molecule has 172 valence electrons. The Hall–Kier alpha value is -2.55. The second kappa shape index (κ2) is 8.66. The molecule has 3 fully saturated rings. The Labute approximate surface area is 197 Å². The van der Waals surface area contributed by atoms with Crippen LogP contribution in [0.5, 0.6) is 0 Å². The molecule has 7 nitrogen and oxygen atoms in total. The van der Waals surface area contributed by atoms with Crippen LogP contribution in [-0.2, 0) is 9.53 Å². The topological polar surface area (TPSA) is 84.6 Å². The molecule has 2 N–H and O–H groups in total. The number of ether oxygens (including phenoxy) is 1. The number of nitrogens with two attached hydrogens (primary N) is 1. The fourth-order valence-electron chi connectivity index (χ4n) is 5.88. The predicted octanol–water partition coefficient (Wildman–Crippen LogP) is 3.15. The number of nitrogens with zero attached hydrogens (tertiary/aromatic N) is 4. The molecule has 1 aromatic carbocycles. The molecular weight excluding hydrogens is 434 g/mol. The average Bonchev–Trinajstić information content (AvgIpc) is 3.62. The van der Waals surface area contributed by atoms with Gasteiger partial charge < -0.3 is 20.3 Å². The number of primary amides is 1. The van der Waals surface area contributed by atoms with Crippen LogP contribution in [-0.4, -0.2) is 65.7 Å². The second-order valence-electron chi connectivity index (χ2n) is 9.53. The van der Waals surface area contributed by atoms with Gasteiger partial charge in [-0.05, 0) is 31.4 Å². The lowest BCUT2D eigenvalue weighted by molar-refractivity contribution is -0.121. The number of benzene rings is 1. The van der Waals surface area contributed by atoms with Crippen LogP contribution in [0.1, 0.15) is 19.3 Å². The number of fused-ring (bicyclic) bond motifs is 3. The van der Waals surface area contributed by atoms with Crippen molar-refractivity contribution in [1.29, 1.82) is 0 Å². The van der Waals surface area contributed by atoms with Crippen molar-refractivity contribution in [3.8, 4) is 11.1 Å². The Kier molecular flexibility index (Phi) is 5.52. The Morgan fingerprint density at radius 3 is 2.82 bits per heavy atom. The summed E-state index contributed by atoms with van der Waals surface area (Å²) in [6.45, 7) is 4.30. The van der Waals surface area contributed by atoms with Crippen LogP contribution in [0.15, 0.2) is 42.0 Å². The van der Waals surface area contributed by atoms with Crippen LogP contribution in [0.25, 0.3) is 21.3 Å². The van der Waals surface area contributed by atoms with E-state index >= 15 is 0 Å². The highest BCUT2D eigenvalue weighted by molar-refractivity contribution is 7.17. The van der Waals surface area contributed by atoms with Crippen LogP contribution in [0, 0.1) is 11.8 Å². The first kappa shape index (κ1) is 21.0. The number of anilines is 1. The molecule has 2 aromatic heterocycles. The monoisotopic (exact) mass is 463 g/mol. The van der Waals surface area contributed by atoms with E-state index in [0.29, 0.717) is 18.1 Å². The molecule has 2 saturated heterocycles. The van der Waals surface area contributed by atoms with Crippen molar-refractivity contribution < 1.29 is 9.53 Å². The van der Waals surface area contributed by atoms with Crippen LogP contribution in [0.4, 0.5) is 5.82 Å². The van der Waals surface area contributed by atoms with Gasteiger partial charge in [0.25, 0.3) is 0 Å². The number of aromatic nitrogens is 2. The molecule has 1 aliphatic carbocycles. The Balaban J connectivity index is 1.12. The molecule has 4 unspecified atom stereocenters. The number of carbonyl (C=O) groups is 1. The van der Waals surface area contributed by atoms with Crippen molar-refractivity contribution in [3.63, 3.8) is 0 Å². The second-order valence-corrected chi connectivity index (χ2v) is 10.4. The number of piperidine rings is 1. The fourth-order valence-corrected chi connectivity index (χ4v) is 6.79. The summed E-state index contributed by atoms with van der Waals surface area (Å²) in [5.41, 5.74) is 7.89. The number of thiophene rings is 1. The number of rotatable bonds is 7. The predicted molar refractivity (Wildman–Crippen MR) is 130 cm³/mol. The van der Waals surface area contributed by atoms with Gasteiger partial charge in [-0.3, -0.25) is 4.79 Å². The third-order valence-corrected chi connectivity index (χ3v) is 8.48. The first-order valence-corrected chi connectivity index (χ1v) is 12.7. The van der Waals surface area contributed by atoms with Crippen molar-refractivity contribution in [2.24, 2.45) is 17.6 Å². The van der Waals surface area contributed by atoms with Gasteiger partial charge in [0, 0.05) is 42.5 Å². The number of carbonyl (C=O) groups excluding carboxylic acids is 1. The molecule has 0 radical (unpaired) electrons. The van der Waals surface area contributed by atoms with Crippen molar-refractivity contribution in [3.05, 3.63) is 42.0 Å². The molecule has 3 aliphatic rings. The number of amides is 1. The highest BCUT2D eigenvalue weighted by Crippen LogP contribution is 2.45. The quantitative estimate of drug-likeness (QED) is 0.580. The van der Waals surface area contributed by atoms with Crippen molar-refractivity contribution in [2.75, 3.05) is 37.7 Å². The zero-order chi connectivity index (χ0) is 22.4. The first-order chi connectivity index (χ1) is 16.2. The van der Waals surface area contributed by atoms with Crippen molar-refractivity contribution in [1.82, 2.24) is 14.9 Å². The Bertz CT molecular complexity index is 1150. The maximum Gasteiger partial charge on any atom is 0.221 e. The number of hydrogen-bond acceptors (Lipinski definition) is 7. The van der Waals surface area contributed by atoms with Crippen molar-refractivity contribution >= 4 is 33.3 Å². The van der Waals surface area contributed by atoms with Gasteiger partial charge >= 0.3 is 0 Å². The minimum atomic E-state index is -0.175. The summed E-state index contributed by atoms with van der Waals surface area (Å²) in [6.07, 6.45) is 5.10. The van der Waals surface area contributed by atoms with E-state index < -0.39 is 0 Å². The summed E-state index contributed by atoms with van der Waals surface area (Å²) in [6, 6.07) is 11.0. The van der Waals surface area contributed by atoms with Crippen molar-refractivity contribution in [2.45, 2.75) is 31.4 Å². The van der Waals surface area contributed by atoms with Gasteiger partial charge in [0.2, 0.25) is 5.91 Å². The third-order valence-electron chi connectivity index (χ3n) is 7.60. The summed E-state index contributed by atoms with van der Waals surface area (Å²) in [5.74, 6) is 1.44. The standard InChI is InChI=1S/C25H29N5O2S/c26-23(31)17-6-7-29(12-17)8-9-32-21-11-19-10-18(21)13-30(19)24-22-20(16-4-2-1-3-5-16)14-33-25(22)28-15-27-24/h1-5,14-15,17-19,21H,6-13H2,(H2,26,31). The summed E-state index contributed by atoms with van der Waals surface area (Å²) in [7, 11) is 0. The highest BCUT2D eigenvalue weighted by Gasteiger charge is 2.46. The molecule has 3 aromatic rings. The van der Waals surface area contributed by atoms with Crippen LogP contribution in [0.2, 0.25) is 0 Å². The molecule has 1 amide bonds. The summed E-state index contributed by atoms with van der Waals surface area (Å²) >= 11 is 1.69. The van der Waals surface area contributed by atoms with E-state index in [4.69, 9.17) is 15.5 Å². The summed E-state index contributed by atoms with van der Waals surface area (Å²) in [4.78, 5) is 26.5. The molecule has 2 aliphatic heterocycles. The molecule has 4 heterocycles. The lowest BCUT2D eigenvalue weighted by Crippen LogP contribution is -2.40. The largest absolute Gasteiger partial charge is 0.376 e. The average molecular weight is 464 g/mol. The van der Waals surface area contributed by atoms with Gasteiger partial charge in [-0.1, -0.05) is 30.3 Å². The van der Waals surface area contributed by atoms with Crippen LogP contribution in [0.3, 0.4) is 0 Å². The SMILES string of the molecule is NC(=O)C1CCN(CCOC2CC3CC2CN3c2ncnc3scc(-c4ccccc4)c23)C1. The zero-order valence-corrected chi connectivity index (χ0v) is 19.4. The van der Waals surface area contributed by atoms with Gasteiger partial charge in [0.1, 0.15) is 17.0 Å². The molecule has 8 heteroatoms. The van der Waals surface area contributed by atoms with E-state index in [1.165, 1.54) is 16.5 Å². The van der Waals surface area contributed by atoms with E-state index in [2.05, 4.69) is 50.5 Å². The molecule has 2 bridgehead atoms. The van der Waals surface area contributed by atoms with E-state index in [-0.39, 0.29) is 11.8 Å². The Morgan fingerprint density at radius 1 is 1.18 bits per heavy atom. The minimum absolute atomic E-state index is 0.00336. The van der Waals surface area contributed by atoms with E-state index in [9.17, 15) is 4.79 Å². The van der Waals surface area contributed by atoms with Gasteiger partial charge in [-0.2, -0.15) is 0 Å². The highest BCUT2D eigenvalue weighted by atomic mass is 32.1. The first-order valence-electron chi connectivity index (χ1n) is 11.8. The molecule has 1 saturated carbocycles. The normalized spacial score (nSPS) is 27.1. The minimum Gasteiger partial charge on any atom is -0.376 e. The van der Waals surface area contributed by atoms with E-state index in [0.717, 1.165) is 62.7 Å². The van der Waals surface area contributed by atoms with Crippen LogP contribution >= 0.6 is 11.3 Å². The van der Waals surface area contributed by atoms with Gasteiger partial charge in [-0.15, -0.1) is 11.3 Å². The smallest absolute Gasteiger partial charge is 0.221 e.